The molecule has 0 aliphatic carbocycles. The maximum absolute atomic E-state index is 12.5. The van der Waals surface area contributed by atoms with E-state index in [1.54, 1.807) is 6.92 Å². The lowest BCUT2D eigenvalue weighted by Gasteiger charge is -2.23. The molecular formula is C11H17N3O4S2. The molecule has 0 fully saturated rings. The van der Waals surface area contributed by atoms with E-state index in [-0.39, 0.29) is 16.6 Å². The van der Waals surface area contributed by atoms with Crippen molar-refractivity contribution in [2.45, 2.75) is 17.9 Å². The predicted octanol–water partition coefficient (Wildman–Crippen LogP) is 1.55. The molecule has 1 aromatic rings. The largest absolute Gasteiger partial charge is 0.399 e. The number of nitro groups is 1. The second-order valence-electron chi connectivity index (χ2n) is 4.31. The van der Waals surface area contributed by atoms with Gasteiger partial charge in [0.15, 0.2) is 4.90 Å². The van der Waals surface area contributed by atoms with E-state index in [1.807, 2.05) is 6.26 Å². The maximum Gasteiger partial charge on any atom is 0.291 e. The molecule has 0 bridgehead atoms. The molecule has 0 aromatic heterocycles. The normalized spacial score (nSPS) is 13.4. The summed E-state index contributed by atoms with van der Waals surface area (Å²) in [4.78, 5) is 9.92. The van der Waals surface area contributed by atoms with E-state index in [0.717, 1.165) is 10.4 Å². The number of hydrogen-bond donors (Lipinski definition) is 1. The summed E-state index contributed by atoms with van der Waals surface area (Å²) in [5, 5.41) is 11.0. The number of nitrogens with two attached hydrogens (primary N) is 1. The van der Waals surface area contributed by atoms with Crippen LogP contribution in [-0.2, 0) is 10.0 Å². The van der Waals surface area contributed by atoms with Crippen LogP contribution in [-0.4, -0.2) is 42.7 Å². The SMILES string of the molecule is CSCC(C)N(C)S(=O)(=O)c1ccc(N)cc1[N+](=O)[O-]. The molecule has 9 heteroatoms. The van der Waals surface area contributed by atoms with Crippen LogP contribution in [0.2, 0.25) is 0 Å². The first-order chi connectivity index (χ1) is 9.21. The fourth-order valence-corrected chi connectivity index (χ4v) is 3.93. The molecule has 0 saturated heterocycles. The molecule has 0 aliphatic rings. The van der Waals surface area contributed by atoms with Crippen LogP contribution in [0.25, 0.3) is 0 Å². The predicted molar refractivity (Wildman–Crippen MR) is 80.3 cm³/mol. The molecule has 1 atom stereocenters. The summed E-state index contributed by atoms with van der Waals surface area (Å²) < 4.78 is 26.1. The Morgan fingerprint density at radius 1 is 1.50 bits per heavy atom. The number of benzene rings is 1. The summed E-state index contributed by atoms with van der Waals surface area (Å²) in [6.07, 6.45) is 1.86. The van der Waals surface area contributed by atoms with Gasteiger partial charge in [-0.15, -0.1) is 0 Å². The Hall–Kier alpha value is -1.32. The summed E-state index contributed by atoms with van der Waals surface area (Å²) >= 11 is 1.50. The van der Waals surface area contributed by atoms with Crippen LogP contribution in [0.3, 0.4) is 0 Å². The van der Waals surface area contributed by atoms with Gasteiger partial charge in [-0.1, -0.05) is 0 Å². The highest BCUT2D eigenvalue weighted by Gasteiger charge is 2.31. The Bertz CT molecular complexity index is 604. The van der Waals surface area contributed by atoms with Crippen LogP contribution in [0.15, 0.2) is 23.1 Å². The first-order valence-corrected chi connectivity index (χ1v) is 8.56. The van der Waals surface area contributed by atoms with Gasteiger partial charge in [0.25, 0.3) is 5.69 Å². The number of thioether (sulfide) groups is 1. The molecule has 1 rings (SSSR count). The summed E-state index contributed by atoms with van der Waals surface area (Å²) in [6, 6.07) is 3.30. The van der Waals surface area contributed by atoms with Crippen molar-refractivity contribution in [3.8, 4) is 0 Å². The van der Waals surface area contributed by atoms with Gasteiger partial charge >= 0.3 is 0 Å². The third-order valence-electron chi connectivity index (χ3n) is 2.87. The zero-order chi connectivity index (χ0) is 15.5. The zero-order valence-electron chi connectivity index (χ0n) is 11.4. The highest BCUT2D eigenvalue weighted by Crippen LogP contribution is 2.29. The smallest absolute Gasteiger partial charge is 0.291 e. The van der Waals surface area contributed by atoms with Crippen molar-refractivity contribution in [3.63, 3.8) is 0 Å². The van der Waals surface area contributed by atoms with E-state index in [1.165, 1.54) is 30.9 Å². The van der Waals surface area contributed by atoms with Gasteiger partial charge in [-0.05, 0) is 25.3 Å². The second-order valence-corrected chi connectivity index (χ2v) is 7.19. The number of anilines is 1. The number of sulfonamides is 1. The van der Waals surface area contributed by atoms with Gasteiger partial charge < -0.3 is 5.73 Å². The van der Waals surface area contributed by atoms with Crippen LogP contribution >= 0.6 is 11.8 Å². The van der Waals surface area contributed by atoms with E-state index >= 15 is 0 Å². The lowest BCUT2D eigenvalue weighted by atomic mass is 10.3. The first kappa shape index (κ1) is 16.7. The highest BCUT2D eigenvalue weighted by atomic mass is 32.2. The molecule has 1 unspecified atom stereocenters. The fourth-order valence-electron chi connectivity index (χ4n) is 1.63. The van der Waals surface area contributed by atoms with Crippen LogP contribution in [0.1, 0.15) is 6.92 Å². The topological polar surface area (TPSA) is 107 Å². The van der Waals surface area contributed by atoms with Crippen molar-refractivity contribution in [1.29, 1.82) is 0 Å². The van der Waals surface area contributed by atoms with E-state index in [0.29, 0.717) is 5.75 Å². The van der Waals surface area contributed by atoms with Crippen LogP contribution < -0.4 is 5.73 Å². The molecule has 7 nitrogen and oxygen atoms in total. The van der Waals surface area contributed by atoms with Gasteiger partial charge in [0.1, 0.15) is 0 Å². The Kier molecular flexibility index (Phi) is 5.37. The number of hydrogen-bond acceptors (Lipinski definition) is 6. The molecule has 1 aromatic carbocycles. The van der Waals surface area contributed by atoms with E-state index in [4.69, 9.17) is 5.73 Å². The third-order valence-corrected chi connectivity index (χ3v) is 5.70. The van der Waals surface area contributed by atoms with Gasteiger partial charge in [0, 0.05) is 30.6 Å². The molecule has 0 spiro atoms. The summed E-state index contributed by atoms with van der Waals surface area (Å²) in [5.74, 6) is 0.596. The first-order valence-electron chi connectivity index (χ1n) is 5.72. The van der Waals surface area contributed by atoms with E-state index < -0.39 is 20.6 Å². The average Bonchev–Trinajstić information content (AvgIpc) is 2.37. The van der Waals surface area contributed by atoms with Gasteiger partial charge in [0.2, 0.25) is 10.0 Å². The molecule has 20 heavy (non-hydrogen) atoms. The molecule has 0 amide bonds. The zero-order valence-corrected chi connectivity index (χ0v) is 13.1. The van der Waals surface area contributed by atoms with E-state index in [2.05, 4.69) is 0 Å². The van der Waals surface area contributed by atoms with Crippen molar-refractivity contribution >= 4 is 33.2 Å². The molecule has 0 radical (unpaired) electrons. The van der Waals surface area contributed by atoms with Gasteiger partial charge in [0.05, 0.1) is 4.92 Å². The van der Waals surface area contributed by atoms with Crippen molar-refractivity contribution in [2.24, 2.45) is 0 Å². The second kappa shape index (κ2) is 6.42. The standard InChI is InChI=1S/C11H17N3O4S2/c1-8(7-19-3)13(2)20(17,18)11-5-4-9(12)6-10(11)14(15)16/h4-6,8H,7,12H2,1-3H3. The van der Waals surface area contributed by atoms with Gasteiger partial charge in [-0.25, -0.2) is 8.42 Å². The van der Waals surface area contributed by atoms with Crippen LogP contribution in [0.5, 0.6) is 0 Å². The minimum absolute atomic E-state index is 0.149. The van der Waals surface area contributed by atoms with Crippen molar-refractivity contribution in [3.05, 3.63) is 28.3 Å². The maximum atomic E-state index is 12.5. The highest BCUT2D eigenvalue weighted by molar-refractivity contribution is 7.98. The molecule has 0 saturated carbocycles. The average molecular weight is 319 g/mol. The van der Waals surface area contributed by atoms with Crippen LogP contribution in [0.4, 0.5) is 11.4 Å². The third kappa shape index (κ3) is 3.41. The molecule has 0 heterocycles. The Morgan fingerprint density at radius 2 is 2.10 bits per heavy atom. The monoisotopic (exact) mass is 319 g/mol. The van der Waals surface area contributed by atoms with Crippen molar-refractivity contribution in [2.75, 3.05) is 24.8 Å². The molecule has 0 aliphatic heterocycles. The fraction of sp³-hybridized carbons (Fsp3) is 0.455. The summed E-state index contributed by atoms with van der Waals surface area (Å²) in [7, 11) is -2.52. The molecule has 112 valence electrons. The lowest BCUT2D eigenvalue weighted by Crippen LogP contribution is -2.36. The van der Waals surface area contributed by atoms with Gasteiger partial charge in [-0.3, -0.25) is 10.1 Å². The Morgan fingerprint density at radius 3 is 2.60 bits per heavy atom. The minimum atomic E-state index is -3.93. The van der Waals surface area contributed by atoms with E-state index in [9.17, 15) is 18.5 Å². The quantitative estimate of drug-likeness (QED) is 0.484. The molecule has 2 N–H and O–H groups in total. The number of nitro benzene ring substituents is 1. The number of nitrogens with zero attached hydrogens (tertiary/aromatic N) is 2. The number of nitrogen functional groups attached to an aromatic ring is 1. The Labute approximate surface area is 122 Å². The Balaban J connectivity index is 3.32. The van der Waals surface area contributed by atoms with Crippen molar-refractivity contribution in [1.82, 2.24) is 4.31 Å². The minimum Gasteiger partial charge on any atom is -0.399 e. The number of rotatable bonds is 6. The van der Waals surface area contributed by atoms with Crippen molar-refractivity contribution < 1.29 is 13.3 Å². The van der Waals surface area contributed by atoms with Gasteiger partial charge in [-0.2, -0.15) is 16.1 Å². The lowest BCUT2D eigenvalue weighted by molar-refractivity contribution is -0.387. The summed E-state index contributed by atoms with van der Waals surface area (Å²) in [6.45, 7) is 1.75. The summed E-state index contributed by atoms with van der Waals surface area (Å²) in [5.41, 5.74) is 5.12. The van der Waals surface area contributed by atoms with Crippen LogP contribution in [0, 0.1) is 10.1 Å². The molecular weight excluding hydrogens is 302 g/mol.